The van der Waals surface area contributed by atoms with E-state index in [1.165, 1.54) is 18.5 Å². The summed E-state index contributed by atoms with van der Waals surface area (Å²) in [7, 11) is -3.62. The highest BCUT2D eigenvalue weighted by Crippen LogP contribution is 2.14. The first-order valence-electron chi connectivity index (χ1n) is 5.31. The second-order valence-electron chi connectivity index (χ2n) is 3.28. The smallest absolute Gasteiger partial charge is 0.321 e. The molecule has 0 amide bonds. The summed E-state index contributed by atoms with van der Waals surface area (Å²) < 4.78 is 29.9. The van der Waals surface area contributed by atoms with E-state index in [0.29, 0.717) is 0 Å². The van der Waals surface area contributed by atoms with Gasteiger partial charge < -0.3 is 9.72 Å². The maximum atomic E-state index is 12.1. The molecular weight excluding hydrogens is 244 g/mol. The van der Waals surface area contributed by atoms with Crippen LogP contribution in [0.15, 0.2) is 23.4 Å². The molecule has 0 aromatic carbocycles. The van der Waals surface area contributed by atoms with Crippen molar-refractivity contribution in [1.29, 1.82) is 0 Å². The number of carbonyl (C=O) groups excluding carboxylic acids is 1. The van der Waals surface area contributed by atoms with E-state index in [2.05, 4.69) is 4.98 Å². The molecule has 0 bridgehead atoms. The van der Waals surface area contributed by atoms with E-state index in [0.717, 1.165) is 4.31 Å². The summed E-state index contributed by atoms with van der Waals surface area (Å²) in [5.74, 6) is -0.548. The van der Waals surface area contributed by atoms with Gasteiger partial charge in [0.05, 0.1) is 11.5 Å². The Kier molecular flexibility index (Phi) is 4.71. The number of rotatable bonds is 6. The molecule has 1 aromatic rings. The maximum Gasteiger partial charge on any atom is 0.321 e. The molecule has 1 rings (SSSR count). The van der Waals surface area contributed by atoms with Crippen molar-refractivity contribution in [1.82, 2.24) is 9.29 Å². The monoisotopic (exact) mass is 260 g/mol. The molecule has 0 aliphatic rings. The number of esters is 1. The molecule has 7 heteroatoms. The molecule has 0 fully saturated rings. The fraction of sp³-hybridized carbons (Fsp3) is 0.500. The van der Waals surface area contributed by atoms with E-state index in [-0.39, 0.29) is 24.6 Å². The average molecular weight is 260 g/mol. The second kappa shape index (κ2) is 5.83. The number of nitrogens with zero attached hydrogens (tertiary/aromatic N) is 1. The molecule has 0 spiro atoms. The molecule has 1 N–H and O–H groups in total. The first-order chi connectivity index (χ1) is 8.02. The van der Waals surface area contributed by atoms with Gasteiger partial charge in [-0.3, -0.25) is 4.79 Å². The Morgan fingerprint density at radius 2 is 2.18 bits per heavy atom. The first-order valence-corrected chi connectivity index (χ1v) is 6.75. The molecule has 0 unspecified atom stereocenters. The van der Waals surface area contributed by atoms with Crippen molar-refractivity contribution in [3.05, 3.63) is 18.5 Å². The predicted molar refractivity (Wildman–Crippen MR) is 61.9 cm³/mol. The predicted octanol–water partition coefficient (Wildman–Crippen LogP) is 0.588. The Bertz CT molecular complexity index is 453. The number of aromatic amines is 1. The van der Waals surface area contributed by atoms with Crippen LogP contribution in [-0.2, 0) is 19.6 Å². The van der Waals surface area contributed by atoms with Gasteiger partial charge >= 0.3 is 5.97 Å². The highest BCUT2D eigenvalue weighted by molar-refractivity contribution is 7.89. The minimum atomic E-state index is -3.62. The van der Waals surface area contributed by atoms with Crippen molar-refractivity contribution in [2.24, 2.45) is 0 Å². The standard InChI is InChI=1S/C10H16N2O4S/c1-3-12(8-10(13)16-4-2)17(14,15)9-5-6-11-7-9/h5-7,11H,3-4,8H2,1-2H3. The van der Waals surface area contributed by atoms with Crippen LogP contribution in [0.2, 0.25) is 0 Å². The molecule has 0 aliphatic heterocycles. The SMILES string of the molecule is CCOC(=O)CN(CC)S(=O)(=O)c1cc[nH]c1. The summed E-state index contributed by atoms with van der Waals surface area (Å²) in [4.78, 5) is 14.1. The quantitative estimate of drug-likeness (QED) is 0.759. The summed E-state index contributed by atoms with van der Waals surface area (Å²) in [6.45, 7) is 3.53. The van der Waals surface area contributed by atoms with Gasteiger partial charge in [-0.25, -0.2) is 8.42 Å². The zero-order valence-electron chi connectivity index (χ0n) is 9.84. The summed E-state index contributed by atoms with van der Waals surface area (Å²) >= 11 is 0. The number of carbonyl (C=O) groups is 1. The van der Waals surface area contributed by atoms with E-state index in [1.807, 2.05) is 0 Å². The van der Waals surface area contributed by atoms with Crippen LogP contribution in [0.5, 0.6) is 0 Å². The van der Waals surface area contributed by atoms with Gasteiger partial charge in [-0.15, -0.1) is 0 Å². The van der Waals surface area contributed by atoms with Crippen LogP contribution in [0.3, 0.4) is 0 Å². The van der Waals surface area contributed by atoms with Crippen LogP contribution in [0.4, 0.5) is 0 Å². The lowest BCUT2D eigenvalue weighted by atomic mass is 10.6. The van der Waals surface area contributed by atoms with E-state index in [4.69, 9.17) is 4.74 Å². The van der Waals surface area contributed by atoms with Crippen LogP contribution in [0.1, 0.15) is 13.8 Å². The number of ether oxygens (including phenoxy) is 1. The molecule has 0 saturated heterocycles. The van der Waals surface area contributed by atoms with Crippen LogP contribution in [0.25, 0.3) is 0 Å². The second-order valence-corrected chi connectivity index (χ2v) is 5.22. The summed E-state index contributed by atoms with van der Waals surface area (Å²) in [6, 6.07) is 1.45. The lowest BCUT2D eigenvalue weighted by molar-refractivity contribution is -0.143. The minimum Gasteiger partial charge on any atom is -0.465 e. The Balaban J connectivity index is 2.84. The van der Waals surface area contributed by atoms with Gasteiger partial charge in [0.1, 0.15) is 6.54 Å². The van der Waals surface area contributed by atoms with Gasteiger partial charge in [-0.2, -0.15) is 4.31 Å². The third-order valence-corrected chi connectivity index (χ3v) is 4.09. The molecule has 0 atom stereocenters. The first kappa shape index (κ1) is 13.7. The zero-order chi connectivity index (χ0) is 12.9. The van der Waals surface area contributed by atoms with E-state index in [1.54, 1.807) is 13.8 Å². The summed E-state index contributed by atoms with van der Waals surface area (Å²) in [5.41, 5.74) is 0. The van der Waals surface area contributed by atoms with E-state index >= 15 is 0 Å². The van der Waals surface area contributed by atoms with Gasteiger partial charge in [0.2, 0.25) is 10.0 Å². The van der Waals surface area contributed by atoms with E-state index < -0.39 is 16.0 Å². The van der Waals surface area contributed by atoms with Crippen molar-refractivity contribution in [3.63, 3.8) is 0 Å². The summed E-state index contributed by atoms with van der Waals surface area (Å²) in [6.07, 6.45) is 2.90. The van der Waals surface area contributed by atoms with Crippen LogP contribution < -0.4 is 0 Å². The fourth-order valence-corrected chi connectivity index (χ4v) is 2.71. The molecule has 0 aliphatic carbocycles. The number of hydrogen-bond acceptors (Lipinski definition) is 4. The number of aromatic nitrogens is 1. The van der Waals surface area contributed by atoms with Gasteiger partial charge in [0, 0.05) is 18.9 Å². The fourth-order valence-electron chi connectivity index (χ4n) is 1.34. The van der Waals surface area contributed by atoms with Gasteiger partial charge in [0.25, 0.3) is 0 Å². The third kappa shape index (κ3) is 3.31. The average Bonchev–Trinajstić information content (AvgIpc) is 2.80. The van der Waals surface area contributed by atoms with Crippen molar-refractivity contribution in [3.8, 4) is 0 Å². The number of H-pyrrole nitrogens is 1. The number of nitrogens with one attached hydrogen (secondary N) is 1. The Morgan fingerprint density at radius 3 is 2.65 bits per heavy atom. The van der Waals surface area contributed by atoms with Gasteiger partial charge in [-0.1, -0.05) is 6.92 Å². The Labute approximate surface area is 101 Å². The normalized spacial score (nSPS) is 11.7. The lowest BCUT2D eigenvalue weighted by Crippen LogP contribution is -2.36. The van der Waals surface area contributed by atoms with Crippen LogP contribution in [0, 0.1) is 0 Å². The molecule has 1 heterocycles. The van der Waals surface area contributed by atoms with Crippen molar-refractivity contribution >= 4 is 16.0 Å². The van der Waals surface area contributed by atoms with Crippen LogP contribution >= 0.6 is 0 Å². The topological polar surface area (TPSA) is 79.5 Å². The number of sulfonamides is 1. The molecule has 6 nitrogen and oxygen atoms in total. The van der Waals surface area contributed by atoms with Crippen molar-refractivity contribution < 1.29 is 17.9 Å². The Hall–Kier alpha value is -1.34. The van der Waals surface area contributed by atoms with Crippen LogP contribution in [-0.4, -0.2) is 43.4 Å². The Morgan fingerprint density at radius 1 is 1.47 bits per heavy atom. The largest absolute Gasteiger partial charge is 0.465 e. The van der Waals surface area contributed by atoms with Crippen molar-refractivity contribution in [2.75, 3.05) is 19.7 Å². The highest BCUT2D eigenvalue weighted by atomic mass is 32.2. The van der Waals surface area contributed by atoms with E-state index in [9.17, 15) is 13.2 Å². The summed E-state index contributed by atoms with van der Waals surface area (Å²) in [5, 5.41) is 0. The molecule has 1 aromatic heterocycles. The molecule has 0 radical (unpaired) electrons. The molecular formula is C10H16N2O4S. The number of hydrogen-bond donors (Lipinski definition) is 1. The zero-order valence-corrected chi connectivity index (χ0v) is 10.7. The maximum absolute atomic E-state index is 12.1. The van der Waals surface area contributed by atoms with Gasteiger partial charge in [0.15, 0.2) is 0 Å². The van der Waals surface area contributed by atoms with Crippen molar-refractivity contribution in [2.45, 2.75) is 18.7 Å². The third-order valence-electron chi connectivity index (χ3n) is 2.17. The lowest BCUT2D eigenvalue weighted by Gasteiger charge is -2.18. The molecule has 96 valence electrons. The highest BCUT2D eigenvalue weighted by Gasteiger charge is 2.25. The minimum absolute atomic E-state index is 0.142. The van der Waals surface area contributed by atoms with Gasteiger partial charge in [-0.05, 0) is 13.0 Å². The molecule has 0 saturated carbocycles. The molecule has 17 heavy (non-hydrogen) atoms. The number of likely N-dealkylation sites (N-methyl/N-ethyl adjacent to an activating group) is 1.